The van der Waals surface area contributed by atoms with E-state index in [1.807, 2.05) is 53.9 Å². The van der Waals surface area contributed by atoms with Gasteiger partial charge in [-0.15, -0.1) is 0 Å². The van der Waals surface area contributed by atoms with Crippen LogP contribution in [0.25, 0.3) is 19.6 Å². The van der Waals surface area contributed by atoms with Crippen molar-refractivity contribution in [2.45, 2.75) is 39.5 Å². The Morgan fingerprint density at radius 1 is 0.608 bits per heavy atom. The number of rotatable bonds is 10. The van der Waals surface area contributed by atoms with E-state index in [9.17, 15) is 9.90 Å². The van der Waals surface area contributed by atoms with Gasteiger partial charge in [0.15, 0.2) is 47.8 Å². The summed E-state index contributed by atoms with van der Waals surface area (Å²) in [5.41, 5.74) is 9.97. The monoisotopic (exact) mass is 747 g/mol. The first-order valence-corrected chi connectivity index (χ1v) is 20.0. The molecule has 5 aromatic carbocycles. The summed E-state index contributed by atoms with van der Waals surface area (Å²) in [6.45, 7) is 6.63. The zero-order valence-electron chi connectivity index (χ0n) is 28.6. The van der Waals surface area contributed by atoms with Gasteiger partial charge in [-0.05, 0) is 75.8 Å². The van der Waals surface area contributed by atoms with Crippen LogP contribution in [-0.2, 0) is 12.8 Å². The number of amides is 1. The van der Waals surface area contributed by atoms with Gasteiger partial charge in [-0.1, -0.05) is 138 Å². The first kappa shape index (κ1) is 35.6. The predicted molar refractivity (Wildman–Crippen MR) is 218 cm³/mol. The van der Waals surface area contributed by atoms with Gasteiger partial charge < -0.3 is 5.11 Å². The second kappa shape index (κ2) is 15.4. The Morgan fingerprint density at radius 3 is 1.69 bits per heavy atom. The number of nitrogens with one attached hydrogen (secondary N) is 1. The van der Waals surface area contributed by atoms with Crippen LogP contribution in [0.3, 0.4) is 0 Å². The molecule has 9 heteroatoms. The smallest absolute Gasteiger partial charge is 0.278 e. The second-order valence-corrected chi connectivity index (χ2v) is 19.1. The average molecular weight is 748 g/mol. The van der Waals surface area contributed by atoms with Gasteiger partial charge in [-0.2, -0.15) is 0 Å². The first-order chi connectivity index (χ1) is 24.7. The highest BCUT2D eigenvalue weighted by atomic mass is 32.3. The van der Waals surface area contributed by atoms with Gasteiger partial charge in [0, 0.05) is 0 Å². The number of phenolic OH excluding ortho intramolecular Hbond substituents is 1. The Morgan fingerprint density at radius 2 is 1.14 bits per heavy atom. The lowest BCUT2D eigenvalue weighted by Gasteiger charge is -2.18. The summed E-state index contributed by atoms with van der Waals surface area (Å²) in [5.74, 6) is -0.238. The lowest BCUT2D eigenvalue weighted by atomic mass is 9.91. The maximum atomic E-state index is 12.1. The summed E-state index contributed by atoms with van der Waals surface area (Å²) in [6, 6.07) is 44.4. The Labute approximate surface area is 317 Å². The van der Waals surface area contributed by atoms with Crippen molar-refractivity contribution < 1.29 is 17.2 Å². The molecule has 258 valence electrons. The number of hydrogen-bond donors (Lipinski definition) is 3. The van der Waals surface area contributed by atoms with E-state index < -0.39 is 5.91 Å². The van der Waals surface area contributed by atoms with Crippen molar-refractivity contribution in [3.8, 4) is 5.75 Å². The summed E-state index contributed by atoms with van der Waals surface area (Å²) in [4.78, 5) is 17.2. The highest BCUT2D eigenvalue weighted by Crippen LogP contribution is 2.75. The Balaban J connectivity index is 1.24. The summed E-state index contributed by atoms with van der Waals surface area (Å²) in [7, 11) is 0. The molecule has 5 aromatic rings. The number of hydrogen-bond acceptors (Lipinski definition) is 7. The van der Waals surface area contributed by atoms with Crippen molar-refractivity contribution in [3.05, 3.63) is 172 Å². The van der Waals surface area contributed by atoms with Crippen LogP contribution in [-0.4, -0.2) is 18.3 Å². The first-order valence-electron chi connectivity index (χ1n) is 16.9. The van der Waals surface area contributed by atoms with Gasteiger partial charge in [-0.3, -0.25) is 10.0 Å². The van der Waals surface area contributed by atoms with Crippen LogP contribution in [0.2, 0.25) is 0 Å². The molecule has 2 aliphatic rings. The Bertz CT molecular complexity index is 2060. The van der Waals surface area contributed by atoms with E-state index in [4.69, 9.17) is 5.21 Å². The normalized spacial score (nSPS) is 15.9. The molecular weight excluding hydrogens is 709 g/mol. The van der Waals surface area contributed by atoms with Crippen molar-refractivity contribution in [1.29, 1.82) is 0 Å². The molecule has 2 heterocycles. The Hall–Kier alpha value is -3.83. The van der Waals surface area contributed by atoms with E-state index in [0.717, 1.165) is 18.4 Å². The van der Waals surface area contributed by atoms with E-state index in [-0.39, 0.29) is 17.2 Å². The number of aromatic hydroxyl groups is 1. The highest BCUT2D eigenvalue weighted by Gasteiger charge is 2.54. The number of phenols is 1. The molecule has 5 nitrogen and oxygen atoms in total. The SMILES string of the molecule is CC(C)Cc1ccc(C2=C(c3cccc(CC(C)c4ccc(O)c(C(=O)NO)c4)c3)S[N+]3(SC(c4ccccc4)=C(c4ccccc4)S3)S2)cc1. The lowest BCUT2D eigenvalue weighted by molar-refractivity contribution is -0.262. The van der Waals surface area contributed by atoms with Gasteiger partial charge in [0.25, 0.3) is 5.91 Å². The standard InChI is InChI=1S/C42H38N2O3S4/c1-27(2)23-29-17-19-33(20-18-29)40-41(35-16-10-11-30(25-35)24-28(3)34-21-22-37(45)36(26-34)42(46)43-47)51-44(50-40)48-38(31-12-6-4-7-13-31)39(49-44)32-14-8-5-9-15-32/h4-22,25-28H,23-24H2,1-3H3,(H2-,43,45,46,47)/p+1. The van der Waals surface area contributed by atoms with Crippen LogP contribution in [0.5, 0.6) is 5.75 Å². The summed E-state index contributed by atoms with van der Waals surface area (Å²) < 4.78 is 0.636. The molecule has 51 heavy (non-hydrogen) atoms. The van der Waals surface area contributed by atoms with Crippen LogP contribution in [0.15, 0.2) is 127 Å². The zero-order valence-corrected chi connectivity index (χ0v) is 31.8. The number of carbonyl (C=O) groups is 1. The molecule has 7 rings (SSSR count). The minimum atomic E-state index is -0.731. The number of carbonyl (C=O) groups excluding carboxylic acids is 1. The van der Waals surface area contributed by atoms with E-state index in [2.05, 4.69) is 130 Å². The van der Waals surface area contributed by atoms with Gasteiger partial charge in [-0.25, -0.2) is 5.48 Å². The van der Waals surface area contributed by atoms with Crippen LogP contribution >= 0.6 is 47.8 Å². The van der Waals surface area contributed by atoms with Crippen LogP contribution < -0.4 is 5.48 Å². The fourth-order valence-corrected chi connectivity index (χ4v) is 13.0. The quantitative estimate of drug-likeness (QED) is 0.0569. The summed E-state index contributed by atoms with van der Waals surface area (Å²) in [5, 5.41) is 19.4. The van der Waals surface area contributed by atoms with Crippen LogP contribution in [0.1, 0.15) is 76.0 Å². The number of nitrogens with zero attached hydrogens (tertiary/aromatic N) is 1. The summed E-state index contributed by atoms with van der Waals surface area (Å²) >= 11 is 7.58. The maximum Gasteiger partial charge on any atom is 0.278 e. The number of hydroxylamine groups is 1. The highest BCUT2D eigenvalue weighted by molar-refractivity contribution is 8.40. The molecule has 1 atom stereocenters. The van der Waals surface area contributed by atoms with Crippen molar-refractivity contribution in [1.82, 2.24) is 5.48 Å². The third-order valence-electron chi connectivity index (χ3n) is 8.82. The second-order valence-electron chi connectivity index (χ2n) is 13.2. The van der Waals surface area contributed by atoms with Crippen LogP contribution in [0, 0.1) is 5.92 Å². The fraction of sp³-hybridized carbons (Fsp3) is 0.167. The maximum absolute atomic E-state index is 12.1. The van der Waals surface area contributed by atoms with E-state index in [1.165, 1.54) is 59.1 Å². The molecule has 0 aromatic heterocycles. The van der Waals surface area contributed by atoms with Gasteiger partial charge in [0.2, 0.25) is 0 Å². The molecule has 0 saturated carbocycles. The third kappa shape index (κ3) is 7.84. The minimum Gasteiger partial charge on any atom is -0.507 e. The lowest BCUT2D eigenvalue weighted by Crippen LogP contribution is -2.19. The number of benzene rings is 5. The number of quaternary nitrogens is 1. The van der Waals surface area contributed by atoms with Gasteiger partial charge >= 0.3 is 0 Å². The van der Waals surface area contributed by atoms with Crippen molar-refractivity contribution >= 4 is 73.3 Å². The molecule has 3 N–H and O–H groups in total. The van der Waals surface area contributed by atoms with Crippen molar-refractivity contribution in [2.24, 2.45) is 5.92 Å². The average Bonchev–Trinajstić information content (AvgIpc) is 3.72. The molecule has 1 unspecified atom stereocenters. The molecule has 0 radical (unpaired) electrons. The van der Waals surface area contributed by atoms with E-state index in [1.54, 1.807) is 11.5 Å². The third-order valence-corrected chi connectivity index (χ3v) is 15.1. The molecule has 1 spiro atoms. The molecule has 0 bridgehead atoms. The zero-order chi connectivity index (χ0) is 35.5. The molecule has 0 fully saturated rings. The van der Waals surface area contributed by atoms with Crippen LogP contribution in [0.4, 0.5) is 0 Å². The molecule has 1 amide bonds. The summed E-state index contributed by atoms with van der Waals surface area (Å²) in [6.07, 6.45) is 1.79. The predicted octanol–water partition coefficient (Wildman–Crippen LogP) is 11.8. The molecule has 2 aliphatic heterocycles. The fourth-order valence-electron chi connectivity index (χ4n) is 6.32. The minimum absolute atomic E-state index is 0.0529. The van der Waals surface area contributed by atoms with Gasteiger partial charge in [0.1, 0.15) is 5.75 Å². The Kier molecular flexibility index (Phi) is 10.8. The molecule has 0 saturated heterocycles. The van der Waals surface area contributed by atoms with Gasteiger partial charge in [0.05, 0.1) is 25.2 Å². The topological polar surface area (TPSA) is 69.6 Å². The van der Waals surface area contributed by atoms with Crippen molar-refractivity contribution in [3.63, 3.8) is 0 Å². The van der Waals surface area contributed by atoms with E-state index >= 15 is 0 Å². The van der Waals surface area contributed by atoms with E-state index in [0.29, 0.717) is 8.02 Å². The largest absolute Gasteiger partial charge is 0.507 e. The molecule has 0 aliphatic carbocycles. The van der Waals surface area contributed by atoms with Crippen molar-refractivity contribution in [2.75, 3.05) is 0 Å². The molecular formula is C42H39N2O3S4+.